The van der Waals surface area contributed by atoms with Crippen LogP contribution in [0.15, 0.2) is 36.5 Å². The van der Waals surface area contributed by atoms with E-state index < -0.39 is 5.82 Å². The zero-order chi connectivity index (χ0) is 20.4. The predicted molar refractivity (Wildman–Crippen MR) is 105 cm³/mol. The molecule has 8 heteroatoms. The molecular weight excluding hydrogens is 376 g/mol. The second-order valence-corrected chi connectivity index (χ2v) is 7.13. The second-order valence-electron chi connectivity index (χ2n) is 7.13. The molecule has 0 bridgehead atoms. The summed E-state index contributed by atoms with van der Waals surface area (Å²) in [5, 5.41) is 4.42. The fraction of sp³-hybridized carbons (Fsp3) is 0.333. The number of ketones is 1. The largest absolute Gasteiger partial charge is 0.354 e. The van der Waals surface area contributed by atoms with Crippen LogP contribution in [0.2, 0.25) is 0 Å². The van der Waals surface area contributed by atoms with Crippen LogP contribution in [-0.2, 0) is 6.54 Å². The minimum atomic E-state index is -0.478. The highest BCUT2D eigenvalue weighted by atomic mass is 19.1. The Hall–Kier alpha value is -3.16. The molecule has 1 aromatic carbocycles. The minimum absolute atomic E-state index is 0.0990. The molecule has 6 nitrogen and oxygen atoms in total. The molecule has 1 aliphatic rings. The number of benzene rings is 1. The Morgan fingerprint density at radius 3 is 2.59 bits per heavy atom. The summed E-state index contributed by atoms with van der Waals surface area (Å²) in [5.74, 6) is -0.569. The van der Waals surface area contributed by atoms with E-state index in [-0.39, 0.29) is 29.8 Å². The summed E-state index contributed by atoms with van der Waals surface area (Å²) < 4.78 is 29.8. The molecule has 0 aliphatic carbocycles. The van der Waals surface area contributed by atoms with Crippen LogP contribution in [0.25, 0.3) is 11.5 Å². The van der Waals surface area contributed by atoms with E-state index in [2.05, 4.69) is 15.1 Å². The molecule has 0 radical (unpaired) electrons. The third-order valence-electron chi connectivity index (χ3n) is 5.03. The first-order chi connectivity index (χ1) is 14.0. The van der Waals surface area contributed by atoms with Gasteiger partial charge >= 0.3 is 0 Å². The van der Waals surface area contributed by atoms with Crippen LogP contribution in [0.5, 0.6) is 0 Å². The van der Waals surface area contributed by atoms with Gasteiger partial charge in [0.15, 0.2) is 23.2 Å². The number of aromatic nitrogens is 4. The average molecular weight is 397 g/mol. The van der Waals surface area contributed by atoms with Gasteiger partial charge in [0.1, 0.15) is 17.2 Å². The molecule has 1 aliphatic heterocycles. The molecule has 2 aromatic heterocycles. The molecule has 0 saturated carbocycles. The Labute approximate surface area is 167 Å². The van der Waals surface area contributed by atoms with Crippen LogP contribution >= 0.6 is 0 Å². The van der Waals surface area contributed by atoms with Gasteiger partial charge in [0, 0.05) is 25.6 Å². The van der Waals surface area contributed by atoms with Crippen LogP contribution in [0.4, 0.5) is 14.6 Å². The highest BCUT2D eigenvalue weighted by molar-refractivity contribution is 5.93. The van der Waals surface area contributed by atoms with Crippen molar-refractivity contribution in [3.8, 4) is 11.5 Å². The zero-order valence-electron chi connectivity index (χ0n) is 16.1. The normalized spacial score (nSPS) is 14.2. The van der Waals surface area contributed by atoms with Crippen molar-refractivity contribution in [2.75, 3.05) is 18.0 Å². The van der Waals surface area contributed by atoms with E-state index in [4.69, 9.17) is 0 Å². The SMILES string of the molecule is CC(=O)c1cc(-c2ncc(F)c(N3CCCCC3)n2)nn1Cc1ccccc1F. The van der Waals surface area contributed by atoms with Crippen LogP contribution in [-0.4, -0.2) is 38.6 Å². The Bertz CT molecular complexity index is 1040. The van der Waals surface area contributed by atoms with Gasteiger partial charge in [0.25, 0.3) is 0 Å². The third kappa shape index (κ3) is 4.01. The molecule has 4 rings (SSSR count). The van der Waals surface area contributed by atoms with Gasteiger partial charge in [-0.25, -0.2) is 18.7 Å². The minimum Gasteiger partial charge on any atom is -0.354 e. The van der Waals surface area contributed by atoms with Gasteiger partial charge in [-0.15, -0.1) is 0 Å². The molecule has 0 N–H and O–H groups in total. The summed E-state index contributed by atoms with van der Waals surface area (Å²) in [4.78, 5) is 22.5. The fourth-order valence-electron chi connectivity index (χ4n) is 3.53. The summed E-state index contributed by atoms with van der Waals surface area (Å²) in [6.07, 6.45) is 4.24. The second kappa shape index (κ2) is 8.06. The maximum Gasteiger partial charge on any atom is 0.183 e. The molecule has 0 unspecified atom stereocenters. The van der Waals surface area contributed by atoms with Crippen LogP contribution in [0, 0.1) is 11.6 Å². The molecule has 0 atom stereocenters. The molecule has 3 aromatic rings. The van der Waals surface area contributed by atoms with E-state index in [0.717, 1.165) is 38.5 Å². The topological polar surface area (TPSA) is 63.9 Å². The molecular formula is C21H21F2N5O. The molecule has 1 fully saturated rings. The van der Waals surface area contributed by atoms with Gasteiger partial charge in [-0.1, -0.05) is 18.2 Å². The molecule has 29 heavy (non-hydrogen) atoms. The number of carbonyl (C=O) groups excluding carboxylic acids is 1. The van der Waals surface area contributed by atoms with Gasteiger partial charge in [-0.3, -0.25) is 9.48 Å². The lowest BCUT2D eigenvalue weighted by Crippen LogP contribution is -2.31. The summed E-state index contributed by atoms with van der Waals surface area (Å²) >= 11 is 0. The summed E-state index contributed by atoms with van der Waals surface area (Å²) in [6.45, 7) is 3.01. The van der Waals surface area contributed by atoms with Crippen LogP contribution < -0.4 is 4.90 Å². The number of Topliss-reactive ketones (excluding diaryl/α,β-unsaturated/α-hetero) is 1. The van der Waals surface area contributed by atoms with Crippen molar-refractivity contribution in [1.82, 2.24) is 19.7 Å². The predicted octanol–water partition coefficient (Wildman–Crippen LogP) is 3.86. The van der Waals surface area contributed by atoms with Crippen LogP contribution in [0.1, 0.15) is 42.2 Å². The molecule has 0 spiro atoms. The first-order valence-electron chi connectivity index (χ1n) is 9.63. The number of halogens is 2. The van der Waals surface area contributed by atoms with Gasteiger partial charge in [0.05, 0.1) is 12.7 Å². The highest BCUT2D eigenvalue weighted by Gasteiger charge is 2.21. The number of rotatable bonds is 5. The number of hydrogen-bond acceptors (Lipinski definition) is 5. The quantitative estimate of drug-likeness (QED) is 0.612. The molecule has 1 saturated heterocycles. The first kappa shape index (κ1) is 19.2. The van der Waals surface area contributed by atoms with E-state index in [9.17, 15) is 13.6 Å². The lowest BCUT2D eigenvalue weighted by Gasteiger charge is -2.27. The standard InChI is InChI=1S/C21H21F2N5O/c1-14(29)19-11-18(26-28(19)13-15-7-3-4-8-16(15)22)20-24-12-17(23)21(25-20)27-9-5-2-6-10-27/h3-4,7-8,11-12H,2,5-6,9-10,13H2,1H3. The van der Waals surface area contributed by atoms with E-state index >= 15 is 0 Å². The third-order valence-corrected chi connectivity index (χ3v) is 5.03. The molecule has 3 heterocycles. The Kier molecular flexibility index (Phi) is 5.33. The number of nitrogens with zero attached hydrogens (tertiary/aromatic N) is 5. The summed E-state index contributed by atoms with van der Waals surface area (Å²) in [5.41, 5.74) is 1.08. The maximum absolute atomic E-state index is 14.3. The van der Waals surface area contributed by atoms with Gasteiger partial charge in [-0.05, 0) is 31.4 Å². The monoisotopic (exact) mass is 397 g/mol. The van der Waals surface area contributed by atoms with E-state index in [1.165, 1.54) is 17.7 Å². The van der Waals surface area contributed by atoms with Gasteiger partial charge in [-0.2, -0.15) is 5.10 Å². The van der Waals surface area contributed by atoms with Gasteiger partial charge in [0.2, 0.25) is 0 Å². The van der Waals surface area contributed by atoms with Crippen molar-refractivity contribution in [2.45, 2.75) is 32.7 Å². The molecule has 150 valence electrons. The first-order valence-corrected chi connectivity index (χ1v) is 9.63. The maximum atomic E-state index is 14.3. The number of anilines is 1. The van der Waals surface area contributed by atoms with E-state index in [1.54, 1.807) is 24.3 Å². The lowest BCUT2D eigenvalue weighted by molar-refractivity contribution is 0.100. The van der Waals surface area contributed by atoms with Gasteiger partial charge < -0.3 is 4.90 Å². The average Bonchev–Trinajstić information content (AvgIpc) is 3.15. The van der Waals surface area contributed by atoms with E-state index in [1.807, 2.05) is 4.90 Å². The number of carbonyl (C=O) groups is 1. The fourth-order valence-corrected chi connectivity index (χ4v) is 3.53. The van der Waals surface area contributed by atoms with Crippen molar-refractivity contribution < 1.29 is 13.6 Å². The number of piperidine rings is 1. The van der Waals surface area contributed by atoms with Crippen molar-refractivity contribution in [3.05, 3.63) is 59.4 Å². The Balaban J connectivity index is 1.70. The Morgan fingerprint density at radius 1 is 1.10 bits per heavy atom. The van der Waals surface area contributed by atoms with Crippen LogP contribution in [0.3, 0.4) is 0 Å². The molecule has 0 amide bonds. The zero-order valence-corrected chi connectivity index (χ0v) is 16.1. The highest BCUT2D eigenvalue weighted by Crippen LogP contribution is 2.24. The van der Waals surface area contributed by atoms with E-state index in [0.29, 0.717) is 17.0 Å². The van der Waals surface area contributed by atoms with Crippen molar-refractivity contribution >= 4 is 11.6 Å². The van der Waals surface area contributed by atoms with Crippen molar-refractivity contribution in [1.29, 1.82) is 0 Å². The smallest absolute Gasteiger partial charge is 0.183 e. The Morgan fingerprint density at radius 2 is 1.86 bits per heavy atom. The summed E-state index contributed by atoms with van der Waals surface area (Å²) in [7, 11) is 0. The van der Waals surface area contributed by atoms with Crippen molar-refractivity contribution in [2.24, 2.45) is 0 Å². The lowest BCUT2D eigenvalue weighted by atomic mass is 10.1. The van der Waals surface area contributed by atoms with Crippen molar-refractivity contribution in [3.63, 3.8) is 0 Å². The number of hydrogen-bond donors (Lipinski definition) is 0. The summed E-state index contributed by atoms with van der Waals surface area (Å²) in [6, 6.07) is 7.90.